The molecule has 28 heavy (non-hydrogen) atoms. The number of hydrogen-bond donors (Lipinski definition) is 2. The molecule has 1 aromatic heterocycles. The van der Waals surface area contributed by atoms with E-state index in [2.05, 4.69) is 15.7 Å². The van der Waals surface area contributed by atoms with Crippen LogP contribution in [-0.2, 0) is 16.1 Å². The Morgan fingerprint density at radius 2 is 1.89 bits per heavy atom. The zero-order valence-corrected chi connectivity index (χ0v) is 15.6. The first-order valence-electron chi connectivity index (χ1n) is 9.59. The number of benzene rings is 1. The highest BCUT2D eigenvalue weighted by Gasteiger charge is 2.28. The Bertz CT molecular complexity index is 868. The third-order valence-corrected chi connectivity index (χ3v) is 5.19. The van der Waals surface area contributed by atoms with E-state index in [1.165, 1.54) is 4.90 Å². The van der Waals surface area contributed by atoms with Crippen molar-refractivity contribution in [2.24, 2.45) is 0 Å². The second-order valence-electron chi connectivity index (χ2n) is 7.21. The molecule has 0 saturated carbocycles. The maximum atomic E-state index is 12.5. The standard InChI is InChI=1S/C20H23N5O3/c26-18-7-8-19(27)24(18)13-14-3-5-15(6-4-14)22-20(28)17-9-11-25(23-17)16-2-1-10-21-12-16/h3-6,9,11,16,21H,1-2,7-8,10,12-13H2,(H,22,28). The Morgan fingerprint density at radius 3 is 2.57 bits per heavy atom. The summed E-state index contributed by atoms with van der Waals surface area (Å²) in [6.07, 6.45) is 4.58. The molecule has 8 nitrogen and oxygen atoms in total. The lowest BCUT2D eigenvalue weighted by atomic mass is 10.1. The molecule has 4 rings (SSSR count). The van der Waals surface area contributed by atoms with Crippen LogP contribution >= 0.6 is 0 Å². The number of nitrogens with one attached hydrogen (secondary N) is 2. The predicted molar refractivity (Wildman–Crippen MR) is 103 cm³/mol. The van der Waals surface area contributed by atoms with Crippen molar-refractivity contribution < 1.29 is 14.4 Å². The number of carbonyl (C=O) groups excluding carboxylic acids is 3. The van der Waals surface area contributed by atoms with Crippen molar-refractivity contribution >= 4 is 23.4 Å². The highest BCUT2D eigenvalue weighted by molar-refractivity contribution is 6.03. The number of carbonyl (C=O) groups is 3. The van der Waals surface area contributed by atoms with Gasteiger partial charge in [0.15, 0.2) is 5.69 Å². The Kier molecular flexibility index (Phi) is 5.21. The molecule has 2 fully saturated rings. The molecule has 1 atom stereocenters. The van der Waals surface area contributed by atoms with Gasteiger partial charge in [-0.15, -0.1) is 0 Å². The van der Waals surface area contributed by atoms with Crippen LogP contribution in [0.25, 0.3) is 0 Å². The van der Waals surface area contributed by atoms with E-state index in [9.17, 15) is 14.4 Å². The lowest BCUT2D eigenvalue weighted by Crippen LogP contribution is -2.32. The fourth-order valence-corrected chi connectivity index (χ4v) is 3.59. The van der Waals surface area contributed by atoms with Gasteiger partial charge in [0.05, 0.1) is 12.6 Å². The Morgan fingerprint density at radius 1 is 1.14 bits per heavy atom. The fourth-order valence-electron chi connectivity index (χ4n) is 3.59. The van der Waals surface area contributed by atoms with E-state index in [0.29, 0.717) is 11.4 Å². The van der Waals surface area contributed by atoms with Crippen LogP contribution in [0.3, 0.4) is 0 Å². The van der Waals surface area contributed by atoms with E-state index in [-0.39, 0.29) is 43.1 Å². The molecule has 2 N–H and O–H groups in total. The number of hydrogen-bond acceptors (Lipinski definition) is 5. The van der Waals surface area contributed by atoms with Crippen LogP contribution in [-0.4, -0.2) is 45.5 Å². The second kappa shape index (κ2) is 7.93. The molecule has 2 saturated heterocycles. The van der Waals surface area contributed by atoms with Crippen molar-refractivity contribution in [3.8, 4) is 0 Å². The summed E-state index contributed by atoms with van der Waals surface area (Å²) in [6.45, 7) is 2.17. The maximum Gasteiger partial charge on any atom is 0.276 e. The van der Waals surface area contributed by atoms with Gasteiger partial charge < -0.3 is 10.6 Å². The van der Waals surface area contributed by atoms with Gasteiger partial charge in [0.1, 0.15) is 0 Å². The van der Waals surface area contributed by atoms with Gasteiger partial charge in [-0.05, 0) is 43.1 Å². The molecular weight excluding hydrogens is 358 g/mol. The molecule has 3 heterocycles. The van der Waals surface area contributed by atoms with Crippen LogP contribution in [0.5, 0.6) is 0 Å². The lowest BCUT2D eigenvalue weighted by Gasteiger charge is -2.22. The highest BCUT2D eigenvalue weighted by Crippen LogP contribution is 2.19. The molecule has 2 aromatic rings. The van der Waals surface area contributed by atoms with Gasteiger partial charge in [-0.2, -0.15) is 5.10 Å². The number of rotatable bonds is 5. The quantitative estimate of drug-likeness (QED) is 0.769. The molecule has 2 aliphatic rings. The van der Waals surface area contributed by atoms with Gasteiger partial charge in [-0.25, -0.2) is 0 Å². The lowest BCUT2D eigenvalue weighted by molar-refractivity contribution is -0.139. The van der Waals surface area contributed by atoms with Crippen LogP contribution in [0, 0.1) is 0 Å². The molecule has 0 aliphatic carbocycles. The molecule has 0 spiro atoms. The first-order chi connectivity index (χ1) is 13.6. The van der Waals surface area contributed by atoms with Gasteiger partial charge >= 0.3 is 0 Å². The molecule has 8 heteroatoms. The number of likely N-dealkylation sites (tertiary alicyclic amines) is 1. The number of piperidine rings is 1. The summed E-state index contributed by atoms with van der Waals surface area (Å²) in [4.78, 5) is 37.2. The van der Waals surface area contributed by atoms with Gasteiger partial charge in [-0.3, -0.25) is 24.0 Å². The van der Waals surface area contributed by atoms with E-state index in [1.807, 2.05) is 10.9 Å². The van der Waals surface area contributed by atoms with Crippen LogP contribution in [0.15, 0.2) is 36.5 Å². The van der Waals surface area contributed by atoms with Crippen molar-refractivity contribution in [3.05, 3.63) is 47.8 Å². The number of amides is 3. The summed E-state index contributed by atoms with van der Waals surface area (Å²) in [5.41, 5.74) is 1.86. The minimum Gasteiger partial charge on any atom is -0.321 e. The van der Waals surface area contributed by atoms with Gasteiger partial charge in [-0.1, -0.05) is 12.1 Å². The normalized spacial score (nSPS) is 19.9. The number of anilines is 1. The van der Waals surface area contributed by atoms with E-state index >= 15 is 0 Å². The van der Waals surface area contributed by atoms with Crippen molar-refractivity contribution in [3.63, 3.8) is 0 Å². The van der Waals surface area contributed by atoms with Crippen molar-refractivity contribution in [1.82, 2.24) is 20.0 Å². The van der Waals surface area contributed by atoms with E-state index < -0.39 is 0 Å². The van der Waals surface area contributed by atoms with Crippen molar-refractivity contribution in [2.75, 3.05) is 18.4 Å². The molecule has 0 radical (unpaired) electrons. The fraction of sp³-hybridized carbons (Fsp3) is 0.400. The minimum atomic E-state index is -0.264. The van der Waals surface area contributed by atoms with Crippen LogP contribution in [0.2, 0.25) is 0 Å². The van der Waals surface area contributed by atoms with Crippen LogP contribution < -0.4 is 10.6 Å². The summed E-state index contributed by atoms with van der Waals surface area (Å²) in [7, 11) is 0. The van der Waals surface area contributed by atoms with E-state index in [1.54, 1.807) is 30.3 Å². The average molecular weight is 381 g/mol. The second-order valence-corrected chi connectivity index (χ2v) is 7.21. The van der Waals surface area contributed by atoms with Crippen LogP contribution in [0.4, 0.5) is 5.69 Å². The first-order valence-corrected chi connectivity index (χ1v) is 9.59. The summed E-state index contributed by atoms with van der Waals surface area (Å²) < 4.78 is 1.86. The monoisotopic (exact) mass is 381 g/mol. The minimum absolute atomic E-state index is 0.133. The van der Waals surface area contributed by atoms with E-state index in [4.69, 9.17) is 0 Å². The average Bonchev–Trinajstić information content (AvgIpc) is 3.33. The summed E-state index contributed by atoms with van der Waals surface area (Å²) in [5.74, 6) is -0.530. The smallest absolute Gasteiger partial charge is 0.276 e. The first kappa shape index (κ1) is 18.4. The highest BCUT2D eigenvalue weighted by atomic mass is 16.2. The number of aromatic nitrogens is 2. The SMILES string of the molecule is O=C(Nc1ccc(CN2C(=O)CCC2=O)cc1)c1ccn(C2CCCNC2)n1. The van der Waals surface area contributed by atoms with Gasteiger partial charge in [0, 0.05) is 31.3 Å². The molecular formula is C20H23N5O3. The van der Waals surface area contributed by atoms with Crippen LogP contribution in [0.1, 0.15) is 47.8 Å². The summed E-state index contributed by atoms with van der Waals surface area (Å²) in [6, 6.07) is 9.15. The van der Waals surface area contributed by atoms with Gasteiger partial charge in [0.25, 0.3) is 5.91 Å². The number of imide groups is 1. The molecule has 1 unspecified atom stereocenters. The van der Waals surface area contributed by atoms with E-state index in [0.717, 1.165) is 31.5 Å². The molecule has 146 valence electrons. The Hall–Kier alpha value is -3.00. The summed E-state index contributed by atoms with van der Waals surface area (Å²) in [5, 5.41) is 10.6. The largest absolute Gasteiger partial charge is 0.321 e. The topological polar surface area (TPSA) is 96.3 Å². The van der Waals surface area contributed by atoms with Crippen molar-refractivity contribution in [2.45, 2.75) is 38.3 Å². The zero-order chi connectivity index (χ0) is 19.5. The maximum absolute atomic E-state index is 12.5. The van der Waals surface area contributed by atoms with Gasteiger partial charge in [0.2, 0.25) is 11.8 Å². The number of nitrogens with zero attached hydrogens (tertiary/aromatic N) is 3. The predicted octanol–water partition coefficient (Wildman–Crippen LogP) is 1.71. The van der Waals surface area contributed by atoms with Crippen molar-refractivity contribution in [1.29, 1.82) is 0 Å². The Balaban J connectivity index is 1.36. The third-order valence-electron chi connectivity index (χ3n) is 5.19. The molecule has 2 aliphatic heterocycles. The Labute approximate surface area is 162 Å². The molecule has 3 amide bonds. The third kappa shape index (κ3) is 3.96. The zero-order valence-electron chi connectivity index (χ0n) is 15.6. The molecule has 0 bridgehead atoms. The summed E-state index contributed by atoms with van der Waals surface area (Å²) >= 11 is 0. The molecule has 1 aromatic carbocycles.